The molecule has 1 aromatic heterocycles. The Morgan fingerprint density at radius 2 is 2.00 bits per heavy atom. The Balaban J connectivity index is 1.66. The molecule has 29 heavy (non-hydrogen) atoms. The van der Waals surface area contributed by atoms with Crippen LogP contribution in [0, 0.1) is 6.92 Å². The number of nitrogens with one attached hydrogen (secondary N) is 1. The summed E-state index contributed by atoms with van der Waals surface area (Å²) >= 11 is 6.15. The zero-order chi connectivity index (χ0) is 20.5. The van der Waals surface area contributed by atoms with Gasteiger partial charge in [0.1, 0.15) is 17.1 Å². The van der Waals surface area contributed by atoms with Gasteiger partial charge in [0.2, 0.25) is 5.91 Å². The lowest BCUT2D eigenvalue weighted by molar-refractivity contribution is -0.111. The van der Waals surface area contributed by atoms with Crippen molar-refractivity contribution in [3.8, 4) is 5.75 Å². The van der Waals surface area contributed by atoms with E-state index < -0.39 is 0 Å². The number of anilines is 1. The van der Waals surface area contributed by atoms with Crippen molar-refractivity contribution in [2.45, 2.75) is 39.5 Å². The van der Waals surface area contributed by atoms with Crippen molar-refractivity contribution in [1.82, 2.24) is 0 Å². The highest BCUT2D eigenvalue weighted by molar-refractivity contribution is 6.31. The highest BCUT2D eigenvalue weighted by Crippen LogP contribution is 2.37. The van der Waals surface area contributed by atoms with Gasteiger partial charge in [-0.15, -0.1) is 0 Å². The number of fused-ring (bicyclic) bond motifs is 3. The van der Waals surface area contributed by atoms with Crippen LogP contribution in [0.15, 0.2) is 40.8 Å². The molecule has 0 aliphatic heterocycles. The molecule has 3 aromatic rings. The van der Waals surface area contributed by atoms with Gasteiger partial charge in [-0.25, -0.2) is 0 Å². The molecule has 1 aliphatic carbocycles. The van der Waals surface area contributed by atoms with Gasteiger partial charge in [0.25, 0.3) is 0 Å². The van der Waals surface area contributed by atoms with E-state index in [0.717, 1.165) is 46.3 Å². The lowest BCUT2D eigenvalue weighted by atomic mass is 9.94. The number of carbonyl (C=O) groups excluding carboxylic acids is 1. The molecule has 0 unspecified atom stereocenters. The van der Waals surface area contributed by atoms with Crippen molar-refractivity contribution in [2.75, 3.05) is 12.4 Å². The second-order valence-electron chi connectivity index (χ2n) is 7.54. The molecule has 5 heteroatoms. The number of benzene rings is 2. The fraction of sp³-hybridized carbons (Fsp3) is 0.292. The Morgan fingerprint density at radius 3 is 2.76 bits per heavy atom. The topological polar surface area (TPSA) is 51.5 Å². The van der Waals surface area contributed by atoms with Crippen LogP contribution in [-0.2, 0) is 17.6 Å². The van der Waals surface area contributed by atoms with E-state index in [-0.39, 0.29) is 5.91 Å². The number of carbonyl (C=O) groups is 1. The third kappa shape index (κ3) is 3.90. The zero-order valence-corrected chi connectivity index (χ0v) is 17.7. The van der Waals surface area contributed by atoms with E-state index in [1.54, 1.807) is 19.3 Å². The van der Waals surface area contributed by atoms with Gasteiger partial charge in [-0.1, -0.05) is 17.7 Å². The van der Waals surface area contributed by atoms with E-state index in [1.165, 1.54) is 18.4 Å². The predicted molar refractivity (Wildman–Crippen MR) is 118 cm³/mol. The van der Waals surface area contributed by atoms with Gasteiger partial charge < -0.3 is 14.5 Å². The van der Waals surface area contributed by atoms with Crippen LogP contribution in [0.25, 0.3) is 16.5 Å². The molecular formula is C24H24ClNO3. The molecule has 0 bridgehead atoms. The smallest absolute Gasteiger partial charge is 0.248 e. The predicted octanol–water partition coefficient (Wildman–Crippen LogP) is 6.32. The summed E-state index contributed by atoms with van der Waals surface area (Å²) in [5.41, 5.74) is 5.50. The standard InChI is InChI=1S/C24H24ClNO3/c1-14-8-9-16(11-20(14)25)26-24(27)10-15(2)18-12-19-17-6-4-5-7-21(17)29-23(19)13-22(18)28-3/h8-13H,4-7H2,1-3H3,(H,26,27)/b15-10+. The number of methoxy groups -OCH3 is 1. The van der Waals surface area contributed by atoms with E-state index in [0.29, 0.717) is 16.5 Å². The molecule has 150 valence electrons. The Bertz CT molecular complexity index is 1130. The molecular weight excluding hydrogens is 386 g/mol. The van der Waals surface area contributed by atoms with Gasteiger partial charge in [0.05, 0.1) is 7.11 Å². The van der Waals surface area contributed by atoms with Crippen molar-refractivity contribution >= 4 is 39.7 Å². The van der Waals surface area contributed by atoms with E-state index in [2.05, 4.69) is 11.4 Å². The highest BCUT2D eigenvalue weighted by atomic mass is 35.5. The summed E-state index contributed by atoms with van der Waals surface area (Å²) in [6.07, 6.45) is 5.95. The second kappa shape index (κ2) is 7.96. The lowest BCUT2D eigenvalue weighted by Crippen LogP contribution is -2.08. The van der Waals surface area contributed by atoms with E-state index in [4.69, 9.17) is 20.8 Å². The number of hydrogen-bond donors (Lipinski definition) is 1. The van der Waals surface area contributed by atoms with Crippen LogP contribution in [0.5, 0.6) is 5.75 Å². The maximum Gasteiger partial charge on any atom is 0.248 e. The normalized spacial score (nSPS) is 14.0. The fourth-order valence-corrected chi connectivity index (χ4v) is 4.07. The summed E-state index contributed by atoms with van der Waals surface area (Å²) in [5, 5.41) is 4.62. The number of aryl methyl sites for hydroxylation is 3. The number of rotatable bonds is 4. The highest BCUT2D eigenvalue weighted by Gasteiger charge is 2.20. The van der Waals surface area contributed by atoms with Crippen LogP contribution in [0.4, 0.5) is 5.69 Å². The molecule has 2 aromatic carbocycles. The van der Waals surface area contributed by atoms with Gasteiger partial charge >= 0.3 is 0 Å². The van der Waals surface area contributed by atoms with Crippen LogP contribution in [0.2, 0.25) is 5.02 Å². The molecule has 0 spiro atoms. The summed E-state index contributed by atoms with van der Waals surface area (Å²) in [5.74, 6) is 1.57. The second-order valence-corrected chi connectivity index (χ2v) is 7.95. The van der Waals surface area contributed by atoms with Crippen LogP contribution in [0.3, 0.4) is 0 Å². The van der Waals surface area contributed by atoms with E-state index >= 15 is 0 Å². The molecule has 4 rings (SSSR count). The average Bonchev–Trinajstić information content (AvgIpc) is 3.07. The van der Waals surface area contributed by atoms with Crippen molar-refractivity contribution < 1.29 is 13.9 Å². The van der Waals surface area contributed by atoms with Crippen LogP contribution >= 0.6 is 11.6 Å². The Hall–Kier alpha value is -2.72. The number of halogens is 1. The van der Waals surface area contributed by atoms with Crippen molar-refractivity contribution in [1.29, 1.82) is 0 Å². The molecule has 0 radical (unpaired) electrons. The van der Waals surface area contributed by atoms with E-state index in [9.17, 15) is 4.79 Å². The monoisotopic (exact) mass is 409 g/mol. The molecule has 4 nitrogen and oxygen atoms in total. The summed E-state index contributed by atoms with van der Waals surface area (Å²) in [7, 11) is 1.63. The minimum absolute atomic E-state index is 0.209. The first kappa shape index (κ1) is 19.6. The maximum absolute atomic E-state index is 12.5. The molecule has 1 aliphatic rings. The third-order valence-corrected chi connectivity index (χ3v) is 5.90. The first-order valence-corrected chi connectivity index (χ1v) is 10.2. The van der Waals surface area contributed by atoms with Crippen LogP contribution < -0.4 is 10.1 Å². The van der Waals surface area contributed by atoms with Gasteiger partial charge in [0.15, 0.2) is 0 Å². The lowest BCUT2D eigenvalue weighted by Gasteiger charge is -2.11. The molecule has 0 saturated carbocycles. The number of furan rings is 1. The average molecular weight is 410 g/mol. The summed E-state index contributed by atoms with van der Waals surface area (Å²) in [6.45, 7) is 3.84. The minimum Gasteiger partial charge on any atom is -0.496 e. The minimum atomic E-state index is -0.209. The largest absolute Gasteiger partial charge is 0.496 e. The summed E-state index contributed by atoms with van der Waals surface area (Å²) in [4.78, 5) is 12.5. The summed E-state index contributed by atoms with van der Waals surface area (Å²) < 4.78 is 11.6. The first-order chi connectivity index (χ1) is 14.0. The van der Waals surface area contributed by atoms with Crippen LogP contribution in [-0.4, -0.2) is 13.0 Å². The Kier molecular flexibility index (Phi) is 5.37. The number of hydrogen-bond acceptors (Lipinski definition) is 3. The molecule has 0 fully saturated rings. The number of ether oxygens (including phenoxy) is 1. The molecule has 0 saturated heterocycles. The van der Waals surface area contributed by atoms with Crippen LogP contribution in [0.1, 0.15) is 42.2 Å². The summed E-state index contributed by atoms with van der Waals surface area (Å²) in [6, 6.07) is 9.49. The van der Waals surface area contributed by atoms with Crippen molar-refractivity contribution in [2.24, 2.45) is 0 Å². The Morgan fingerprint density at radius 1 is 1.21 bits per heavy atom. The molecule has 0 atom stereocenters. The van der Waals surface area contributed by atoms with E-state index in [1.807, 2.05) is 32.0 Å². The number of allylic oxidation sites excluding steroid dienone is 1. The molecule has 1 heterocycles. The van der Waals surface area contributed by atoms with Crippen molar-refractivity contribution in [3.05, 3.63) is 63.9 Å². The zero-order valence-electron chi connectivity index (χ0n) is 16.9. The SMILES string of the molecule is COc1cc2oc3c(c2cc1/C(C)=C/C(=O)Nc1ccc(C)c(Cl)c1)CCCC3. The number of amides is 1. The first-order valence-electron chi connectivity index (χ1n) is 9.84. The van der Waals surface area contributed by atoms with Crippen molar-refractivity contribution in [3.63, 3.8) is 0 Å². The Labute approximate surface area is 175 Å². The molecule has 1 amide bonds. The maximum atomic E-state index is 12.5. The quantitative estimate of drug-likeness (QED) is 0.512. The van der Waals surface area contributed by atoms with Gasteiger partial charge in [-0.2, -0.15) is 0 Å². The van der Waals surface area contributed by atoms with Gasteiger partial charge in [-0.05, 0) is 62.4 Å². The fourth-order valence-electron chi connectivity index (χ4n) is 3.89. The third-order valence-electron chi connectivity index (χ3n) is 5.49. The molecule has 1 N–H and O–H groups in total. The van der Waals surface area contributed by atoms with Gasteiger partial charge in [0, 0.05) is 45.8 Å². The van der Waals surface area contributed by atoms with Gasteiger partial charge in [-0.3, -0.25) is 4.79 Å².